The molecule has 2 spiro atoms. The van der Waals surface area contributed by atoms with Gasteiger partial charge in [-0.05, 0) is 155 Å². The van der Waals surface area contributed by atoms with Gasteiger partial charge in [0.15, 0.2) is 34.9 Å². The monoisotopic (exact) mass is 1430 g/mol. The van der Waals surface area contributed by atoms with E-state index < -0.39 is 10.8 Å². The predicted octanol–water partition coefficient (Wildman–Crippen LogP) is 25.3. The zero-order chi connectivity index (χ0) is 73.9. The quantitative estimate of drug-likeness (QED) is 0.126. The third kappa shape index (κ3) is 10.4. The lowest BCUT2D eigenvalue weighted by Gasteiger charge is -2.39. The first-order chi connectivity index (χ1) is 55.4. The molecule has 0 fully saturated rings. The Morgan fingerprint density at radius 1 is 0.143 bits per heavy atom. The Balaban J connectivity index is 0.652. The summed E-state index contributed by atoms with van der Waals surface area (Å²) in [5, 5.41) is 0. The van der Waals surface area contributed by atoms with Crippen LogP contribution in [-0.4, -0.2) is 29.9 Å². The Morgan fingerprint density at radius 3 is 0.679 bits per heavy atom. The number of nitrogens with zero attached hydrogens (tertiary/aromatic N) is 6. The molecule has 2 aliphatic carbocycles. The number of para-hydroxylation sites is 1. The number of rotatable bonds is 11. The highest BCUT2D eigenvalue weighted by molar-refractivity contribution is 5.92. The van der Waals surface area contributed by atoms with E-state index in [1.54, 1.807) is 0 Å². The summed E-state index contributed by atoms with van der Waals surface area (Å²) in [7, 11) is 0. The molecule has 0 atom stereocenters. The van der Waals surface area contributed by atoms with Gasteiger partial charge in [-0.2, -0.15) is 0 Å². The summed E-state index contributed by atoms with van der Waals surface area (Å²) in [5.41, 5.74) is 28.3. The normalized spacial score (nSPS) is 13.1. The Hall–Kier alpha value is -14.9. The van der Waals surface area contributed by atoms with Gasteiger partial charge < -0.3 is 9.47 Å². The van der Waals surface area contributed by atoms with Gasteiger partial charge in [0, 0.05) is 55.6 Å². The van der Waals surface area contributed by atoms with Gasteiger partial charge in [0.1, 0.15) is 23.0 Å². The molecule has 18 aromatic rings. The molecular weight excluding hydrogens is 1370 g/mol. The smallest absolute Gasteiger partial charge is 0.164 e. The molecule has 0 saturated carbocycles. The molecule has 522 valence electrons. The second-order valence-electron chi connectivity index (χ2n) is 29.1. The van der Waals surface area contributed by atoms with Crippen LogP contribution in [0.5, 0.6) is 23.0 Å². The summed E-state index contributed by atoms with van der Waals surface area (Å²) in [6.45, 7) is 0. The average molecular weight is 1430 g/mol. The van der Waals surface area contributed by atoms with Crippen LogP contribution in [0.1, 0.15) is 44.5 Å². The summed E-state index contributed by atoms with van der Waals surface area (Å²) in [6, 6.07) is 138. The van der Waals surface area contributed by atoms with Gasteiger partial charge in [-0.1, -0.05) is 334 Å². The fourth-order valence-electron chi connectivity index (χ4n) is 17.9. The molecule has 2 aromatic heterocycles. The zero-order valence-corrected chi connectivity index (χ0v) is 60.5. The topological polar surface area (TPSA) is 95.8 Å². The molecule has 4 aliphatic rings. The van der Waals surface area contributed by atoms with Crippen molar-refractivity contribution < 1.29 is 9.47 Å². The molecule has 0 bridgehead atoms. The second-order valence-corrected chi connectivity index (χ2v) is 29.1. The lowest BCUT2D eigenvalue weighted by Crippen LogP contribution is -2.32. The Kier molecular flexibility index (Phi) is 14.9. The van der Waals surface area contributed by atoms with Crippen molar-refractivity contribution in [1.29, 1.82) is 0 Å². The Morgan fingerprint density at radius 2 is 0.348 bits per heavy atom. The van der Waals surface area contributed by atoms with Gasteiger partial charge in [0.2, 0.25) is 0 Å². The van der Waals surface area contributed by atoms with Crippen LogP contribution in [0.4, 0.5) is 0 Å². The molecule has 0 unspecified atom stereocenters. The third-order valence-corrected chi connectivity index (χ3v) is 22.9. The van der Waals surface area contributed by atoms with E-state index in [0.717, 1.165) is 129 Å². The van der Waals surface area contributed by atoms with Gasteiger partial charge in [0.25, 0.3) is 0 Å². The van der Waals surface area contributed by atoms with Gasteiger partial charge in [-0.15, -0.1) is 0 Å². The highest BCUT2D eigenvalue weighted by atomic mass is 16.5. The Bertz CT molecular complexity index is 6660. The van der Waals surface area contributed by atoms with Crippen LogP contribution in [0.2, 0.25) is 0 Å². The van der Waals surface area contributed by atoms with Crippen LogP contribution in [-0.2, 0) is 10.8 Å². The Labute approximate surface area is 648 Å². The minimum atomic E-state index is -0.738. The zero-order valence-electron chi connectivity index (χ0n) is 60.5. The van der Waals surface area contributed by atoms with Gasteiger partial charge >= 0.3 is 0 Å². The molecule has 22 rings (SSSR count). The summed E-state index contributed by atoms with van der Waals surface area (Å²) in [4.78, 5) is 32.2. The molecular formula is C104H64N6O2. The summed E-state index contributed by atoms with van der Waals surface area (Å²) < 4.78 is 14.5. The van der Waals surface area contributed by atoms with E-state index in [0.29, 0.717) is 40.7 Å². The largest absolute Gasteiger partial charge is 0.457 e. The number of hydrogen-bond acceptors (Lipinski definition) is 8. The first kappa shape index (κ1) is 64.3. The molecule has 8 nitrogen and oxygen atoms in total. The minimum Gasteiger partial charge on any atom is -0.457 e. The summed E-state index contributed by atoms with van der Waals surface area (Å²) in [5.74, 6) is 6.32. The van der Waals surface area contributed by atoms with Crippen molar-refractivity contribution in [2.45, 2.75) is 10.8 Å². The third-order valence-electron chi connectivity index (χ3n) is 22.9. The highest BCUT2D eigenvalue weighted by Gasteiger charge is 2.53. The maximum atomic E-state index is 7.46. The molecule has 0 saturated heterocycles. The first-order valence-electron chi connectivity index (χ1n) is 37.9. The minimum absolute atomic E-state index is 0.527. The molecule has 16 aromatic carbocycles. The van der Waals surface area contributed by atoms with Crippen molar-refractivity contribution in [2.75, 3.05) is 0 Å². The van der Waals surface area contributed by atoms with Crippen LogP contribution >= 0.6 is 0 Å². The molecule has 2 aliphatic heterocycles. The van der Waals surface area contributed by atoms with Crippen molar-refractivity contribution in [3.05, 3.63) is 433 Å². The van der Waals surface area contributed by atoms with E-state index >= 15 is 0 Å². The van der Waals surface area contributed by atoms with E-state index in [1.165, 1.54) is 44.5 Å². The maximum absolute atomic E-state index is 7.46. The molecule has 8 heteroatoms. The number of fused-ring (bicyclic) bond motifs is 18. The van der Waals surface area contributed by atoms with E-state index in [2.05, 4.69) is 370 Å². The van der Waals surface area contributed by atoms with Crippen molar-refractivity contribution >= 4 is 0 Å². The van der Waals surface area contributed by atoms with E-state index in [4.69, 9.17) is 39.4 Å². The SMILES string of the molecule is c1ccc(-c2cccc(-c3nc(-c4cccc(-c5cccc(-c6ccc7c(c6)Oc6cc(-c8nc(-c9cccc(-c%10ccccc%10)c9)nc(-c9cccc(-c%10ccccc%10)c9)n8)ccc6C76c7ccccc7-c7ccccc76)c5)c4)nc(-c4ccc5c(c4)Oc4ccccc4C54c5ccccc5-c5ccccc54)n3)c2)cc1. The van der Waals surface area contributed by atoms with Crippen LogP contribution in [0, 0.1) is 0 Å². The number of hydrogen-bond donors (Lipinski definition) is 0. The number of benzene rings is 16. The fraction of sp³-hybridized carbons (Fsp3) is 0.0192. The lowest BCUT2D eigenvalue weighted by molar-refractivity contribution is 0.436. The van der Waals surface area contributed by atoms with E-state index in [-0.39, 0.29) is 0 Å². The van der Waals surface area contributed by atoms with Crippen molar-refractivity contribution in [1.82, 2.24) is 29.9 Å². The summed E-state index contributed by atoms with van der Waals surface area (Å²) in [6.07, 6.45) is 0. The first-order valence-corrected chi connectivity index (χ1v) is 37.9. The second kappa shape index (κ2) is 25.9. The van der Waals surface area contributed by atoms with Crippen molar-refractivity contribution in [2.24, 2.45) is 0 Å². The van der Waals surface area contributed by atoms with Crippen LogP contribution in [0.3, 0.4) is 0 Å². The predicted molar refractivity (Wildman–Crippen MR) is 448 cm³/mol. The molecule has 112 heavy (non-hydrogen) atoms. The van der Waals surface area contributed by atoms with Gasteiger partial charge in [-0.25, -0.2) is 29.9 Å². The van der Waals surface area contributed by atoms with Crippen molar-refractivity contribution in [3.63, 3.8) is 0 Å². The van der Waals surface area contributed by atoms with Gasteiger partial charge in [0.05, 0.1) is 10.8 Å². The fourth-order valence-corrected chi connectivity index (χ4v) is 17.9. The van der Waals surface area contributed by atoms with Crippen LogP contribution in [0.25, 0.3) is 146 Å². The summed E-state index contributed by atoms with van der Waals surface area (Å²) >= 11 is 0. The molecule has 0 amide bonds. The molecule has 0 N–H and O–H groups in total. The average Bonchev–Trinajstić information content (AvgIpc) is 1.49. The maximum Gasteiger partial charge on any atom is 0.164 e. The van der Waals surface area contributed by atoms with E-state index in [1.807, 2.05) is 18.2 Å². The molecule has 0 radical (unpaired) electrons. The highest BCUT2D eigenvalue weighted by Crippen LogP contribution is 2.65. The van der Waals surface area contributed by atoms with Crippen molar-refractivity contribution in [3.8, 4) is 169 Å². The van der Waals surface area contributed by atoms with Crippen LogP contribution < -0.4 is 9.47 Å². The number of ether oxygens (including phenoxy) is 2. The van der Waals surface area contributed by atoms with Crippen LogP contribution in [0.15, 0.2) is 388 Å². The lowest BCUT2D eigenvalue weighted by atomic mass is 9.66. The van der Waals surface area contributed by atoms with E-state index in [9.17, 15) is 0 Å². The standard InChI is InChI=1S/C104H64N6O2/c1-4-25-65(26-5-1)68-31-21-37-75(58-68)97-105-98(76-38-22-32-69(59-76)66-27-6-2-7-28-66)109-102(108-97)80-53-56-92-96(64-80)112-94-62-74(51-54-90(94)104(92)87-47-16-12-43-83(87)84-44-13-17-48-88(84)104)72-35-20-34-71(57-72)73-36-24-40-78(61-73)100-106-99(77-39-23-33-70(60-77)67-29-8-3-9-30-67)107-101(110-100)79-52-55-91-95(63-79)111-93-50-19-18-49-89(93)103(91)85-45-14-10-41-81(85)82-42-11-15-46-86(82)103/h1-64H. The van der Waals surface area contributed by atoms with Gasteiger partial charge in [-0.3, -0.25) is 0 Å². The number of aromatic nitrogens is 6. The molecule has 4 heterocycles.